The van der Waals surface area contributed by atoms with E-state index in [1.807, 2.05) is 47.2 Å². The molecule has 2 N–H and O–H groups in total. The Morgan fingerprint density at radius 3 is 2.73 bits per heavy atom. The zero-order valence-electron chi connectivity index (χ0n) is 19.3. The van der Waals surface area contributed by atoms with Crippen LogP contribution < -0.4 is 20.1 Å². The fourth-order valence-corrected chi connectivity index (χ4v) is 4.23. The van der Waals surface area contributed by atoms with Gasteiger partial charge < -0.3 is 20.1 Å². The van der Waals surface area contributed by atoms with Crippen molar-refractivity contribution in [2.45, 2.75) is 25.7 Å². The number of thiophene rings is 1. The summed E-state index contributed by atoms with van der Waals surface area (Å²) in [7, 11) is 3.30. The first-order chi connectivity index (χ1) is 16.2. The second kappa shape index (κ2) is 13.4. The van der Waals surface area contributed by atoms with E-state index in [1.165, 1.54) is 5.56 Å². The maximum Gasteiger partial charge on any atom is 0.223 e. The van der Waals surface area contributed by atoms with E-state index in [2.05, 4.69) is 21.7 Å². The van der Waals surface area contributed by atoms with Gasteiger partial charge in [-0.2, -0.15) is 0 Å². The average molecular weight is 469 g/mol. The van der Waals surface area contributed by atoms with E-state index < -0.39 is 0 Å². The van der Waals surface area contributed by atoms with Crippen LogP contribution in [0.1, 0.15) is 29.7 Å². The van der Waals surface area contributed by atoms with E-state index in [0.717, 1.165) is 53.7 Å². The number of rotatable bonds is 14. The van der Waals surface area contributed by atoms with Crippen LogP contribution in [-0.2, 0) is 11.2 Å². The minimum Gasteiger partial charge on any atom is -0.493 e. The van der Waals surface area contributed by atoms with Crippen LogP contribution in [0.2, 0.25) is 0 Å². The molecule has 0 unspecified atom stereocenters. The molecule has 8 heteroatoms. The Morgan fingerprint density at radius 2 is 1.94 bits per heavy atom. The Morgan fingerprint density at radius 1 is 1.09 bits per heavy atom. The molecule has 0 aliphatic carbocycles. The maximum absolute atomic E-state index is 12.0. The summed E-state index contributed by atoms with van der Waals surface area (Å²) >= 11 is 1.66. The van der Waals surface area contributed by atoms with Gasteiger partial charge in [0.25, 0.3) is 0 Å². The summed E-state index contributed by atoms with van der Waals surface area (Å²) in [5.74, 6) is 1.57. The normalized spacial score (nSPS) is 11.1. The smallest absolute Gasteiger partial charge is 0.223 e. The SMILES string of the molecule is COc1ccc(CCCNCCCNC(=O)C/C=C/c2ccc(-n3ccnc3)s2)cc1OC. The van der Waals surface area contributed by atoms with Gasteiger partial charge in [-0.25, -0.2) is 4.98 Å². The van der Waals surface area contributed by atoms with Crippen molar-refractivity contribution in [3.8, 4) is 16.5 Å². The predicted molar refractivity (Wildman–Crippen MR) is 133 cm³/mol. The number of nitrogens with zero attached hydrogens (tertiary/aromatic N) is 2. The van der Waals surface area contributed by atoms with Crippen LogP contribution in [0.15, 0.2) is 55.1 Å². The molecule has 0 spiro atoms. The number of ether oxygens (including phenoxy) is 2. The molecule has 1 aromatic carbocycles. The molecular formula is C25H32N4O3S. The second-order valence-electron chi connectivity index (χ2n) is 7.50. The van der Waals surface area contributed by atoms with Crippen molar-refractivity contribution in [3.63, 3.8) is 0 Å². The largest absolute Gasteiger partial charge is 0.493 e. The lowest BCUT2D eigenvalue weighted by atomic mass is 10.1. The maximum atomic E-state index is 12.0. The van der Waals surface area contributed by atoms with Gasteiger partial charge in [0.05, 0.1) is 20.5 Å². The lowest BCUT2D eigenvalue weighted by molar-refractivity contribution is -0.120. The standard InChI is InChI=1S/C25H32N4O3S/c1-31-22-11-9-20(18-23(22)32-2)6-4-13-26-14-5-15-28-24(30)8-3-7-21-10-12-25(33-21)29-17-16-27-19-29/h3,7,9-12,16-19,26H,4-6,8,13-15H2,1-2H3,(H,28,30)/b7-3+. The lowest BCUT2D eigenvalue weighted by Gasteiger charge is -2.10. The molecular weight excluding hydrogens is 436 g/mol. The zero-order valence-corrected chi connectivity index (χ0v) is 20.1. The second-order valence-corrected chi connectivity index (χ2v) is 8.59. The summed E-state index contributed by atoms with van der Waals surface area (Å²) in [6, 6.07) is 10.1. The predicted octanol–water partition coefficient (Wildman–Crippen LogP) is 4.08. The molecule has 33 heavy (non-hydrogen) atoms. The molecule has 176 valence electrons. The number of hydrogen-bond acceptors (Lipinski definition) is 6. The van der Waals surface area contributed by atoms with Gasteiger partial charge in [0, 0.05) is 30.2 Å². The van der Waals surface area contributed by atoms with Crippen LogP contribution >= 0.6 is 11.3 Å². The van der Waals surface area contributed by atoms with Crippen molar-refractivity contribution >= 4 is 23.3 Å². The zero-order chi connectivity index (χ0) is 23.3. The van der Waals surface area contributed by atoms with E-state index in [1.54, 1.807) is 38.1 Å². The fourth-order valence-electron chi connectivity index (χ4n) is 3.33. The highest BCUT2D eigenvalue weighted by Crippen LogP contribution is 2.27. The van der Waals surface area contributed by atoms with Crippen molar-refractivity contribution in [2.75, 3.05) is 33.9 Å². The number of aryl methyl sites for hydroxylation is 1. The number of carbonyl (C=O) groups excluding carboxylic acids is 1. The van der Waals surface area contributed by atoms with Gasteiger partial charge in [-0.05, 0) is 68.3 Å². The first kappa shape index (κ1) is 24.5. The molecule has 3 aromatic rings. The van der Waals surface area contributed by atoms with Crippen molar-refractivity contribution in [1.82, 2.24) is 20.2 Å². The topological polar surface area (TPSA) is 77.4 Å². The highest BCUT2D eigenvalue weighted by molar-refractivity contribution is 7.15. The minimum atomic E-state index is 0.0473. The summed E-state index contributed by atoms with van der Waals surface area (Å²) < 4.78 is 12.6. The van der Waals surface area contributed by atoms with Crippen molar-refractivity contribution in [2.24, 2.45) is 0 Å². The highest BCUT2D eigenvalue weighted by atomic mass is 32.1. The van der Waals surface area contributed by atoms with Crippen LogP contribution in [0, 0.1) is 0 Å². The van der Waals surface area contributed by atoms with Crippen molar-refractivity contribution in [1.29, 1.82) is 0 Å². The third-order valence-electron chi connectivity index (χ3n) is 5.08. The summed E-state index contributed by atoms with van der Waals surface area (Å²) in [5, 5.41) is 7.51. The van der Waals surface area contributed by atoms with Gasteiger partial charge in [0.15, 0.2) is 11.5 Å². The summed E-state index contributed by atoms with van der Waals surface area (Å²) in [6.45, 7) is 2.50. The van der Waals surface area contributed by atoms with Crippen molar-refractivity contribution in [3.05, 3.63) is 65.6 Å². The Balaban J connectivity index is 1.22. The summed E-state index contributed by atoms with van der Waals surface area (Å²) in [6.07, 6.45) is 12.7. The van der Waals surface area contributed by atoms with Gasteiger partial charge in [-0.15, -0.1) is 11.3 Å². The van der Waals surface area contributed by atoms with Crippen LogP contribution in [0.25, 0.3) is 11.1 Å². The molecule has 0 radical (unpaired) electrons. The fraction of sp³-hybridized carbons (Fsp3) is 0.360. The molecule has 2 aromatic heterocycles. The molecule has 7 nitrogen and oxygen atoms in total. The molecule has 2 heterocycles. The molecule has 0 fully saturated rings. The monoisotopic (exact) mass is 468 g/mol. The van der Waals surface area contributed by atoms with E-state index in [-0.39, 0.29) is 5.91 Å². The number of benzene rings is 1. The van der Waals surface area contributed by atoms with Gasteiger partial charge in [0.1, 0.15) is 5.00 Å². The Labute approximate surface area is 199 Å². The van der Waals surface area contributed by atoms with Crippen molar-refractivity contribution < 1.29 is 14.3 Å². The number of hydrogen-bond donors (Lipinski definition) is 2. The molecule has 0 saturated heterocycles. The van der Waals surface area contributed by atoms with Crippen LogP contribution in [0.3, 0.4) is 0 Å². The number of carbonyl (C=O) groups is 1. The van der Waals surface area contributed by atoms with Gasteiger partial charge in [-0.3, -0.25) is 9.36 Å². The quantitative estimate of drug-likeness (QED) is 0.349. The highest BCUT2D eigenvalue weighted by Gasteiger charge is 2.04. The number of nitrogens with one attached hydrogen (secondary N) is 2. The minimum absolute atomic E-state index is 0.0473. The molecule has 1 amide bonds. The molecule has 0 bridgehead atoms. The lowest BCUT2D eigenvalue weighted by Crippen LogP contribution is -2.27. The average Bonchev–Trinajstić information content (AvgIpc) is 3.53. The third kappa shape index (κ3) is 8.07. The van der Waals surface area contributed by atoms with Crippen LogP contribution in [0.5, 0.6) is 11.5 Å². The van der Waals surface area contributed by atoms with Crippen LogP contribution in [-0.4, -0.2) is 49.3 Å². The first-order valence-corrected chi connectivity index (χ1v) is 11.9. The summed E-state index contributed by atoms with van der Waals surface area (Å²) in [4.78, 5) is 17.2. The third-order valence-corrected chi connectivity index (χ3v) is 6.14. The van der Waals surface area contributed by atoms with E-state index in [9.17, 15) is 4.79 Å². The molecule has 0 atom stereocenters. The van der Waals surface area contributed by atoms with E-state index in [0.29, 0.717) is 13.0 Å². The van der Waals surface area contributed by atoms with Gasteiger partial charge in [0.2, 0.25) is 5.91 Å². The molecule has 3 rings (SSSR count). The Bertz CT molecular complexity index is 1010. The Kier molecular flexibility index (Phi) is 10.0. The number of aromatic nitrogens is 2. The first-order valence-electron chi connectivity index (χ1n) is 11.1. The van der Waals surface area contributed by atoms with Gasteiger partial charge in [-0.1, -0.05) is 12.1 Å². The number of methoxy groups -OCH3 is 2. The molecule has 0 aliphatic rings. The van der Waals surface area contributed by atoms with Crippen LogP contribution in [0.4, 0.5) is 0 Å². The Hall–Kier alpha value is -3.10. The van der Waals surface area contributed by atoms with Gasteiger partial charge >= 0.3 is 0 Å². The molecule has 0 aliphatic heterocycles. The number of imidazole rings is 1. The summed E-state index contributed by atoms with van der Waals surface area (Å²) in [5.41, 5.74) is 1.23. The van der Waals surface area contributed by atoms with E-state index >= 15 is 0 Å². The van der Waals surface area contributed by atoms with E-state index in [4.69, 9.17) is 9.47 Å². The number of amides is 1. The molecule has 0 saturated carbocycles.